The minimum Gasteiger partial charge on any atom is -0.506 e. The number of rotatable bonds is 4. The van der Waals surface area contributed by atoms with E-state index in [4.69, 9.17) is 0 Å². The van der Waals surface area contributed by atoms with Gasteiger partial charge in [0.2, 0.25) is 0 Å². The number of nitrogens with zero attached hydrogens (tertiary/aromatic N) is 2. The zero-order valence-corrected chi connectivity index (χ0v) is 12.9. The van der Waals surface area contributed by atoms with Gasteiger partial charge in [0.15, 0.2) is 0 Å². The number of aromatic hydroxyl groups is 1. The lowest BCUT2D eigenvalue weighted by Gasteiger charge is -2.13. The Hall–Kier alpha value is -2.63. The van der Waals surface area contributed by atoms with Gasteiger partial charge in [0.25, 0.3) is 11.5 Å². The van der Waals surface area contributed by atoms with Gasteiger partial charge in [0.1, 0.15) is 11.3 Å². The number of nitrogens with one attached hydrogen (secondary N) is 1. The monoisotopic (exact) mass is 301 g/mol. The number of fused-ring (bicyclic) bond motifs is 1. The first kappa shape index (κ1) is 15.8. The first-order chi connectivity index (χ1) is 10.5. The fourth-order valence-electron chi connectivity index (χ4n) is 2.26. The van der Waals surface area contributed by atoms with Gasteiger partial charge in [-0.1, -0.05) is 19.1 Å². The highest BCUT2D eigenvalue weighted by molar-refractivity contribution is 6.02. The van der Waals surface area contributed by atoms with Crippen LogP contribution in [0.4, 0.5) is 0 Å². The molecule has 2 rings (SSSR count). The van der Waals surface area contributed by atoms with Crippen molar-refractivity contribution in [3.8, 4) is 5.75 Å². The Bertz CT molecular complexity index is 802. The summed E-state index contributed by atoms with van der Waals surface area (Å²) >= 11 is 0. The lowest BCUT2D eigenvalue weighted by Crippen LogP contribution is -2.31. The summed E-state index contributed by atoms with van der Waals surface area (Å²) in [6, 6.07) is 6.97. The minimum absolute atomic E-state index is 0.280. The number of carbonyl (C=O) groups is 1. The summed E-state index contributed by atoms with van der Waals surface area (Å²) in [6.07, 6.45) is 0.738. The smallest absolute Gasteiger partial charge is 0.280 e. The van der Waals surface area contributed by atoms with Crippen molar-refractivity contribution in [2.75, 3.05) is 0 Å². The number of carbonyl (C=O) groups excluding carboxylic acids is 1. The zero-order valence-electron chi connectivity index (χ0n) is 12.9. The maximum atomic E-state index is 12.6. The molecule has 0 saturated carbocycles. The van der Waals surface area contributed by atoms with Crippen molar-refractivity contribution in [3.63, 3.8) is 0 Å². The maximum Gasteiger partial charge on any atom is 0.280 e. The number of hydrogen-bond acceptors (Lipinski definition) is 4. The van der Waals surface area contributed by atoms with E-state index in [-0.39, 0.29) is 11.3 Å². The van der Waals surface area contributed by atoms with Gasteiger partial charge in [-0.3, -0.25) is 9.59 Å². The molecule has 0 atom stereocenters. The normalized spacial score (nSPS) is 10.5. The van der Waals surface area contributed by atoms with Crippen LogP contribution in [-0.2, 0) is 6.54 Å². The Kier molecular flexibility index (Phi) is 4.60. The second kappa shape index (κ2) is 6.43. The van der Waals surface area contributed by atoms with Gasteiger partial charge in [0, 0.05) is 17.6 Å². The summed E-state index contributed by atoms with van der Waals surface area (Å²) in [7, 11) is 0. The average molecular weight is 301 g/mol. The van der Waals surface area contributed by atoms with Crippen LogP contribution in [0.1, 0.15) is 37.6 Å². The molecule has 0 radical (unpaired) electrons. The van der Waals surface area contributed by atoms with Crippen molar-refractivity contribution in [3.05, 3.63) is 40.2 Å². The quantitative estimate of drug-likeness (QED) is 0.671. The van der Waals surface area contributed by atoms with Crippen LogP contribution in [0.25, 0.3) is 10.9 Å². The van der Waals surface area contributed by atoms with E-state index in [0.717, 1.165) is 6.42 Å². The number of aryl methyl sites for hydroxylation is 1. The Morgan fingerprint density at radius 2 is 2.00 bits per heavy atom. The molecule has 6 nitrogen and oxygen atoms in total. The third-order valence-corrected chi connectivity index (χ3v) is 3.20. The summed E-state index contributed by atoms with van der Waals surface area (Å²) in [4.78, 5) is 24.8. The van der Waals surface area contributed by atoms with Crippen LogP contribution < -0.4 is 11.0 Å². The van der Waals surface area contributed by atoms with Gasteiger partial charge in [-0.05, 0) is 32.4 Å². The molecule has 6 heteroatoms. The molecule has 0 spiro atoms. The highest BCUT2D eigenvalue weighted by Gasteiger charge is 2.21. The number of para-hydroxylation sites is 1. The first-order valence-electron chi connectivity index (χ1n) is 7.13. The van der Waals surface area contributed by atoms with Crippen LogP contribution in [0.3, 0.4) is 0 Å². The number of amides is 1. The largest absolute Gasteiger partial charge is 0.506 e. The number of pyridine rings is 1. The van der Waals surface area contributed by atoms with E-state index in [1.54, 1.807) is 38.1 Å². The van der Waals surface area contributed by atoms with Crippen molar-refractivity contribution in [2.45, 2.75) is 33.7 Å². The Morgan fingerprint density at radius 3 is 2.64 bits per heavy atom. The standard InChI is InChI=1S/C16H19N3O3/c1-4-9-19-12-8-6-5-7-11(12)14(20)13(16(19)22)15(21)18-17-10(2)3/h5-8,20H,4,9H2,1-3H3,(H,18,21). The second-order valence-electron chi connectivity index (χ2n) is 5.20. The fourth-order valence-corrected chi connectivity index (χ4v) is 2.26. The van der Waals surface area contributed by atoms with Gasteiger partial charge in [-0.15, -0.1) is 0 Å². The zero-order chi connectivity index (χ0) is 16.3. The van der Waals surface area contributed by atoms with Crippen LogP contribution >= 0.6 is 0 Å². The average Bonchev–Trinajstić information content (AvgIpc) is 2.49. The lowest BCUT2D eigenvalue weighted by molar-refractivity contribution is 0.0950. The Balaban J connectivity index is 2.71. The summed E-state index contributed by atoms with van der Waals surface area (Å²) < 4.78 is 1.51. The predicted molar refractivity (Wildman–Crippen MR) is 86.4 cm³/mol. The maximum absolute atomic E-state index is 12.6. The molecule has 0 unspecified atom stereocenters. The molecular weight excluding hydrogens is 282 g/mol. The third kappa shape index (κ3) is 2.86. The molecule has 2 N–H and O–H groups in total. The second-order valence-corrected chi connectivity index (χ2v) is 5.20. The van der Waals surface area contributed by atoms with Crippen molar-refractivity contribution < 1.29 is 9.90 Å². The van der Waals surface area contributed by atoms with Crippen LogP contribution in [0, 0.1) is 0 Å². The lowest BCUT2D eigenvalue weighted by atomic mass is 10.1. The molecule has 0 fully saturated rings. The van der Waals surface area contributed by atoms with E-state index >= 15 is 0 Å². The molecule has 2 aromatic rings. The van der Waals surface area contributed by atoms with Crippen molar-refractivity contribution >= 4 is 22.5 Å². The molecule has 1 aromatic heterocycles. The highest BCUT2D eigenvalue weighted by atomic mass is 16.3. The molecule has 0 aliphatic rings. The first-order valence-corrected chi connectivity index (χ1v) is 7.13. The van der Waals surface area contributed by atoms with Gasteiger partial charge >= 0.3 is 0 Å². The van der Waals surface area contributed by atoms with Crippen molar-refractivity contribution in [1.82, 2.24) is 9.99 Å². The molecule has 1 aromatic carbocycles. The van der Waals surface area contributed by atoms with E-state index in [1.807, 2.05) is 6.92 Å². The number of hydrogen-bond donors (Lipinski definition) is 2. The van der Waals surface area contributed by atoms with Gasteiger partial charge in [0.05, 0.1) is 5.52 Å². The van der Waals surface area contributed by atoms with E-state index in [1.165, 1.54) is 4.57 Å². The molecule has 0 bridgehead atoms. The molecule has 0 aliphatic carbocycles. The van der Waals surface area contributed by atoms with Gasteiger partial charge in [-0.2, -0.15) is 5.10 Å². The molecule has 1 heterocycles. The van der Waals surface area contributed by atoms with Crippen LogP contribution in [0.2, 0.25) is 0 Å². The summed E-state index contributed by atoms with van der Waals surface area (Å²) in [5, 5.41) is 14.6. The van der Waals surface area contributed by atoms with Crippen molar-refractivity contribution in [1.29, 1.82) is 0 Å². The number of aromatic nitrogens is 1. The Labute approximate surface area is 128 Å². The van der Waals surface area contributed by atoms with E-state index < -0.39 is 11.5 Å². The fraction of sp³-hybridized carbons (Fsp3) is 0.312. The molecule has 1 amide bonds. The molecule has 116 valence electrons. The van der Waals surface area contributed by atoms with Gasteiger partial charge < -0.3 is 9.67 Å². The SMILES string of the molecule is CCCn1c(=O)c(C(=O)NN=C(C)C)c(O)c2ccccc21. The van der Waals surface area contributed by atoms with Gasteiger partial charge in [-0.25, -0.2) is 5.43 Å². The minimum atomic E-state index is -0.709. The number of benzene rings is 1. The van der Waals surface area contributed by atoms with Crippen molar-refractivity contribution in [2.24, 2.45) is 5.10 Å². The summed E-state index contributed by atoms with van der Waals surface area (Å²) in [6.45, 7) is 5.85. The summed E-state index contributed by atoms with van der Waals surface area (Å²) in [5.74, 6) is -1.02. The molecule has 0 saturated heterocycles. The Morgan fingerprint density at radius 1 is 1.32 bits per heavy atom. The van der Waals surface area contributed by atoms with Crippen LogP contribution in [0.15, 0.2) is 34.2 Å². The van der Waals surface area contributed by atoms with E-state index in [0.29, 0.717) is 23.2 Å². The van der Waals surface area contributed by atoms with Crippen LogP contribution in [0.5, 0.6) is 5.75 Å². The van der Waals surface area contributed by atoms with E-state index in [2.05, 4.69) is 10.5 Å². The topological polar surface area (TPSA) is 83.7 Å². The summed E-state index contributed by atoms with van der Waals surface area (Å²) in [5.41, 5.74) is 2.75. The number of hydrazone groups is 1. The molecule has 0 aliphatic heterocycles. The third-order valence-electron chi connectivity index (χ3n) is 3.20. The molecule has 22 heavy (non-hydrogen) atoms. The predicted octanol–water partition coefficient (Wildman–Crippen LogP) is 2.24. The van der Waals surface area contributed by atoms with E-state index in [9.17, 15) is 14.7 Å². The molecular formula is C16H19N3O3. The van der Waals surface area contributed by atoms with Crippen LogP contribution in [-0.4, -0.2) is 21.3 Å². The highest BCUT2D eigenvalue weighted by Crippen LogP contribution is 2.26.